The van der Waals surface area contributed by atoms with Crippen LogP contribution in [0, 0.1) is 0 Å². The van der Waals surface area contributed by atoms with Gasteiger partial charge >= 0.3 is 0 Å². The van der Waals surface area contributed by atoms with Gasteiger partial charge in [-0.3, -0.25) is 10.2 Å². The van der Waals surface area contributed by atoms with Crippen molar-refractivity contribution >= 4 is 17.7 Å². The summed E-state index contributed by atoms with van der Waals surface area (Å²) < 4.78 is 4.81. The molecule has 1 fully saturated rings. The van der Waals surface area contributed by atoms with Crippen molar-refractivity contribution in [2.75, 3.05) is 13.2 Å². The van der Waals surface area contributed by atoms with Crippen molar-refractivity contribution < 1.29 is 9.53 Å². The van der Waals surface area contributed by atoms with Gasteiger partial charge in [0.2, 0.25) is 5.91 Å². The largest absolute Gasteiger partial charge is 0.381 e. The van der Waals surface area contributed by atoms with Crippen LogP contribution in [0.25, 0.3) is 0 Å². The van der Waals surface area contributed by atoms with Crippen LogP contribution in [0.3, 0.4) is 0 Å². The molecule has 82 valence electrons. The predicted molar refractivity (Wildman–Crippen MR) is 57.8 cm³/mol. The molecule has 1 amide bonds. The Bertz CT molecular complexity index is 203. The second-order valence-electron chi connectivity index (χ2n) is 3.91. The molecule has 0 radical (unpaired) electrons. The van der Waals surface area contributed by atoms with Crippen LogP contribution in [0.1, 0.15) is 26.7 Å². The highest BCUT2D eigenvalue weighted by molar-refractivity contribution is 8.01. The maximum absolute atomic E-state index is 11.4. The fourth-order valence-electron chi connectivity index (χ4n) is 1.44. The normalized spacial score (nSPS) is 19.4. The molecule has 0 saturated carbocycles. The van der Waals surface area contributed by atoms with Gasteiger partial charge in [-0.15, -0.1) is 11.8 Å². The molecule has 0 bridgehead atoms. The Balaban J connectivity index is 2.44. The monoisotopic (exact) mass is 218 g/mol. The van der Waals surface area contributed by atoms with Gasteiger partial charge in [0.25, 0.3) is 0 Å². The number of nitrogens with two attached hydrogens (primary N) is 1. The first-order valence-corrected chi connectivity index (χ1v) is 5.71. The molecule has 14 heavy (non-hydrogen) atoms. The second-order valence-corrected chi connectivity index (χ2v) is 5.84. The molecule has 5 heteroatoms. The zero-order chi connectivity index (χ0) is 10.6. The van der Waals surface area contributed by atoms with Gasteiger partial charge in [0.1, 0.15) is 0 Å². The molecule has 1 saturated heterocycles. The summed E-state index contributed by atoms with van der Waals surface area (Å²) in [5.74, 6) is 5.01. The van der Waals surface area contributed by atoms with Crippen LogP contribution in [0.5, 0.6) is 0 Å². The van der Waals surface area contributed by atoms with Crippen LogP contribution in [0.4, 0.5) is 0 Å². The lowest BCUT2D eigenvalue weighted by molar-refractivity contribution is -0.122. The average Bonchev–Trinajstić information content (AvgIpc) is 2.17. The lowest BCUT2D eigenvalue weighted by Crippen LogP contribution is -2.44. The Labute approximate surface area is 88.9 Å². The Hall–Kier alpha value is -0.260. The van der Waals surface area contributed by atoms with E-state index in [9.17, 15) is 4.79 Å². The smallest absolute Gasteiger partial charge is 0.249 e. The molecule has 0 atom stereocenters. The van der Waals surface area contributed by atoms with Gasteiger partial charge in [0, 0.05) is 18.5 Å². The fraction of sp³-hybridized carbons (Fsp3) is 0.889. The molecular weight excluding hydrogens is 200 g/mol. The summed E-state index contributed by atoms with van der Waals surface area (Å²) in [5.41, 5.74) is 2.20. The van der Waals surface area contributed by atoms with Crippen molar-refractivity contribution in [1.82, 2.24) is 5.43 Å². The Kier molecular flexibility index (Phi) is 4.22. The Morgan fingerprint density at radius 3 is 2.57 bits per heavy atom. The third kappa shape index (κ3) is 3.15. The van der Waals surface area contributed by atoms with E-state index in [1.807, 2.05) is 13.8 Å². The van der Waals surface area contributed by atoms with Crippen molar-refractivity contribution in [2.45, 2.75) is 36.7 Å². The molecular formula is C9H18N2O2S. The minimum atomic E-state index is -0.448. The van der Waals surface area contributed by atoms with Gasteiger partial charge in [-0.2, -0.15) is 0 Å². The maximum Gasteiger partial charge on any atom is 0.249 e. The van der Waals surface area contributed by atoms with Gasteiger partial charge in [-0.25, -0.2) is 5.84 Å². The molecule has 1 heterocycles. The summed E-state index contributed by atoms with van der Waals surface area (Å²) in [7, 11) is 0. The first-order chi connectivity index (χ1) is 6.56. The van der Waals surface area contributed by atoms with Gasteiger partial charge in [-0.05, 0) is 26.7 Å². The van der Waals surface area contributed by atoms with Crippen LogP contribution in [-0.4, -0.2) is 29.1 Å². The molecule has 3 N–H and O–H groups in total. The molecule has 0 aliphatic carbocycles. The molecule has 0 aromatic carbocycles. The van der Waals surface area contributed by atoms with Gasteiger partial charge in [0.05, 0.1) is 4.75 Å². The van der Waals surface area contributed by atoms with Crippen molar-refractivity contribution in [3.63, 3.8) is 0 Å². The minimum Gasteiger partial charge on any atom is -0.381 e. The number of carbonyl (C=O) groups is 1. The Morgan fingerprint density at radius 2 is 2.07 bits per heavy atom. The van der Waals surface area contributed by atoms with E-state index in [2.05, 4.69) is 5.43 Å². The van der Waals surface area contributed by atoms with E-state index in [0.717, 1.165) is 26.1 Å². The molecule has 1 aliphatic rings. The van der Waals surface area contributed by atoms with E-state index < -0.39 is 4.75 Å². The highest BCUT2D eigenvalue weighted by atomic mass is 32.2. The topological polar surface area (TPSA) is 64.3 Å². The van der Waals surface area contributed by atoms with Crippen LogP contribution in [0.2, 0.25) is 0 Å². The number of rotatable bonds is 3. The number of ether oxygens (including phenoxy) is 1. The van der Waals surface area contributed by atoms with Crippen LogP contribution in [-0.2, 0) is 9.53 Å². The van der Waals surface area contributed by atoms with Crippen LogP contribution < -0.4 is 11.3 Å². The van der Waals surface area contributed by atoms with E-state index in [0.29, 0.717) is 5.25 Å². The molecule has 1 rings (SSSR count). The quantitative estimate of drug-likeness (QED) is 0.415. The molecule has 0 unspecified atom stereocenters. The summed E-state index contributed by atoms with van der Waals surface area (Å²) in [5, 5.41) is 0.510. The average molecular weight is 218 g/mol. The number of hydrazine groups is 1. The number of amides is 1. The lowest BCUT2D eigenvalue weighted by Gasteiger charge is -2.29. The van der Waals surface area contributed by atoms with E-state index in [1.54, 1.807) is 11.8 Å². The van der Waals surface area contributed by atoms with E-state index in [4.69, 9.17) is 10.6 Å². The molecule has 1 aliphatic heterocycles. The first-order valence-electron chi connectivity index (χ1n) is 4.83. The number of thioether (sulfide) groups is 1. The Morgan fingerprint density at radius 1 is 1.50 bits per heavy atom. The summed E-state index contributed by atoms with van der Waals surface area (Å²) in [6.45, 7) is 5.40. The number of carbonyl (C=O) groups excluding carboxylic acids is 1. The lowest BCUT2D eigenvalue weighted by atomic mass is 10.2. The number of nitrogens with one attached hydrogen (secondary N) is 1. The highest BCUT2D eigenvalue weighted by Crippen LogP contribution is 2.33. The summed E-state index contributed by atoms with van der Waals surface area (Å²) >= 11 is 1.68. The van der Waals surface area contributed by atoms with Crippen molar-refractivity contribution in [3.8, 4) is 0 Å². The predicted octanol–water partition coefficient (Wildman–Crippen LogP) is 0.667. The summed E-state index contributed by atoms with van der Waals surface area (Å²) in [4.78, 5) is 11.4. The van der Waals surface area contributed by atoms with E-state index >= 15 is 0 Å². The third-order valence-corrected chi connectivity index (χ3v) is 3.89. The fourth-order valence-corrected chi connectivity index (χ4v) is 2.87. The standard InChI is InChI=1S/C9H18N2O2S/c1-9(2,8(12)11-10)14-7-3-5-13-6-4-7/h7H,3-6,10H2,1-2H3,(H,11,12). The highest BCUT2D eigenvalue weighted by Gasteiger charge is 2.31. The van der Waals surface area contributed by atoms with Gasteiger partial charge in [-0.1, -0.05) is 0 Å². The number of hydrogen-bond donors (Lipinski definition) is 2. The first kappa shape index (κ1) is 11.8. The summed E-state index contributed by atoms with van der Waals surface area (Å²) in [6, 6.07) is 0. The van der Waals surface area contributed by atoms with Crippen molar-refractivity contribution in [2.24, 2.45) is 5.84 Å². The van der Waals surface area contributed by atoms with Crippen LogP contribution in [0.15, 0.2) is 0 Å². The van der Waals surface area contributed by atoms with Crippen molar-refractivity contribution in [3.05, 3.63) is 0 Å². The molecule has 4 nitrogen and oxygen atoms in total. The summed E-state index contributed by atoms with van der Waals surface area (Å²) in [6.07, 6.45) is 2.04. The molecule has 0 spiro atoms. The zero-order valence-electron chi connectivity index (χ0n) is 8.71. The van der Waals surface area contributed by atoms with E-state index in [1.165, 1.54) is 0 Å². The maximum atomic E-state index is 11.4. The van der Waals surface area contributed by atoms with Gasteiger partial charge in [0.15, 0.2) is 0 Å². The van der Waals surface area contributed by atoms with Gasteiger partial charge < -0.3 is 4.74 Å². The van der Waals surface area contributed by atoms with E-state index in [-0.39, 0.29) is 5.91 Å². The minimum absolute atomic E-state index is 0.117. The SMILES string of the molecule is CC(C)(SC1CCOCC1)C(=O)NN. The van der Waals surface area contributed by atoms with Crippen molar-refractivity contribution in [1.29, 1.82) is 0 Å². The number of hydrogen-bond acceptors (Lipinski definition) is 4. The van der Waals surface area contributed by atoms with Crippen LogP contribution >= 0.6 is 11.8 Å². The molecule has 0 aromatic heterocycles. The second kappa shape index (κ2) is 5.00. The molecule has 0 aromatic rings. The third-order valence-electron chi connectivity index (χ3n) is 2.31. The zero-order valence-corrected chi connectivity index (χ0v) is 9.52.